The minimum atomic E-state index is 0.743. The Morgan fingerprint density at radius 1 is 1.06 bits per heavy atom. The molecule has 0 bridgehead atoms. The normalized spacial score (nSPS) is 10.0. The molecule has 0 radical (unpaired) electrons. The molecule has 3 nitrogen and oxygen atoms in total. The summed E-state index contributed by atoms with van der Waals surface area (Å²) in [5, 5.41) is 4.09. The molecule has 0 aliphatic heterocycles. The molecule has 86 valence electrons. The lowest BCUT2D eigenvalue weighted by molar-refractivity contribution is 0.936. The molecule has 0 spiro atoms. The Morgan fingerprint density at radius 2 is 1.94 bits per heavy atom. The lowest BCUT2D eigenvalue weighted by atomic mass is 10.1. The van der Waals surface area contributed by atoms with Gasteiger partial charge in [0.25, 0.3) is 0 Å². The van der Waals surface area contributed by atoms with Gasteiger partial charge in [0.05, 0.1) is 6.20 Å². The fraction of sp³-hybridized carbons (Fsp3) is 0.0667. The predicted octanol–water partition coefficient (Wildman–Crippen LogP) is 2.32. The van der Waals surface area contributed by atoms with Gasteiger partial charge >= 0.3 is 0 Å². The predicted molar refractivity (Wildman–Crippen MR) is 70.0 cm³/mol. The van der Waals surface area contributed by atoms with Gasteiger partial charge in [-0.3, -0.25) is 0 Å². The van der Waals surface area contributed by atoms with Gasteiger partial charge in [-0.2, -0.15) is 5.10 Å². The van der Waals surface area contributed by atoms with Crippen LogP contribution in [0.15, 0.2) is 54.9 Å². The van der Waals surface area contributed by atoms with Crippen LogP contribution in [0.3, 0.4) is 0 Å². The first-order chi connectivity index (χ1) is 8.92. The van der Waals surface area contributed by atoms with E-state index in [0.717, 1.165) is 17.8 Å². The molecule has 0 amide bonds. The van der Waals surface area contributed by atoms with E-state index in [2.05, 4.69) is 34.1 Å². The number of fused-ring (bicyclic) bond motifs is 1. The van der Waals surface area contributed by atoms with Crippen molar-refractivity contribution in [2.45, 2.75) is 6.42 Å². The molecule has 0 aliphatic rings. The Labute approximate surface area is 105 Å². The summed E-state index contributed by atoms with van der Waals surface area (Å²) in [7, 11) is 0. The van der Waals surface area contributed by atoms with E-state index in [0.29, 0.717) is 0 Å². The molecule has 2 aromatic heterocycles. The SMILES string of the molecule is C(#Cc1ccn2nccc2n1)Cc1ccccc1. The third-order valence-corrected chi connectivity index (χ3v) is 2.61. The van der Waals surface area contributed by atoms with Crippen molar-refractivity contribution in [2.24, 2.45) is 0 Å². The highest BCUT2D eigenvalue weighted by atomic mass is 15.2. The summed E-state index contributed by atoms with van der Waals surface area (Å²) in [6, 6.07) is 13.9. The van der Waals surface area contributed by atoms with E-state index in [1.165, 1.54) is 5.56 Å². The first-order valence-corrected chi connectivity index (χ1v) is 5.75. The van der Waals surface area contributed by atoms with Crippen LogP contribution < -0.4 is 0 Å². The van der Waals surface area contributed by atoms with E-state index >= 15 is 0 Å². The number of hydrogen-bond acceptors (Lipinski definition) is 2. The summed E-state index contributed by atoms with van der Waals surface area (Å²) in [4.78, 5) is 4.39. The van der Waals surface area contributed by atoms with Crippen LogP contribution in [-0.4, -0.2) is 14.6 Å². The minimum Gasteiger partial charge on any atom is -0.223 e. The summed E-state index contributed by atoms with van der Waals surface area (Å²) in [5.41, 5.74) is 2.82. The van der Waals surface area contributed by atoms with Crippen LogP contribution in [0.5, 0.6) is 0 Å². The number of hydrogen-bond donors (Lipinski definition) is 0. The summed E-state index contributed by atoms with van der Waals surface area (Å²) >= 11 is 0. The number of nitrogens with zero attached hydrogens (tertiary/aromatic N) is 3. The van der Waals surface area contributed by atoms with Crippen molar-refractivity contribution in [1.29, 1.82) is 0 Å². The fourth-order valence-corrected chi connectivity index (χ4v) is 1.71. The van der Waals surface area contributed by atoms with Gasteiger partial charge in [0.1, 0.15) is 5.69 Å². The molecule has 18 heavy (non-hydrogen) atoms. The molecular weight excluding hydrogens is 222 g/mol. The smallest absolute Gasteiger partial charge is 0.156 e. The summed E-state index contributed by atoms with van der Waals surface area (Å²) in [6.45, 7) is 0. The molecule has 0 fully saturated rings. The maximum atomic E-state index is 4.39. The quantitative estimate of drug-likeness (QED) is 0.604. The maximum Gasteiger partial charge on any atom is 0.156 e. The molecular formula is C15H11N3. The van der Waals surface area contributed by atoms with Crippen LogP contribution in [0, 0.1) is 11.8 Å². The van der Waals surface area contributed by atoms with Crippen molar-refractivity contribution in [3.8, 4) is 11.8 Å². The maximum absolute atomic E-state index is 4.39. The van der Waals surface area contributed by atoms with Crippen LogP contribution in [-0.2, 0) is 6.42 Å². The molecule has 3 heteroatoms. The molecule has 0 atom stereocenters. The lowest BCUT2D eigenvalue weighted by Crippen LogP contribution is -1.91. The average molecular weight is 233 g/mol. The van der Waals surface area contributed by atoms with Crippen molar-refractivity contribution in [3.05, 3.63) is 66.1 Å². The van der Waals surface area contributed by atoms with Crippen LogP contribution in [0.25, 0.3) is 5.65 Å². The van der Waals surface area contributed by atoms with Gasteiger partial charge in [0.15, 0.2) is 5.65 Å². The first-order valence-electron chi connectivity index (χ1n) is 5.75. The third kappa shape index (κ3) is 2.23. The number of rotatable bonds is 1. The van der Waals surface area contributed by atoms with Crippen LogP contribution in [0.4, 0.5) is 0 Å². The van der Waals surface area contributed by atoms with Crippen LogP contribution in [0.1, 0.15) is 11.3 Å². The molecule has 3 rings (SSSR count). The van der Waals surface area contributed by atoms with E-state index in [9.17, 15) is 0 Å². The van der Waals surface area contributed by atoms with Gasteiger partial charge in [-0.15, -0.1) is 0 Å². The number of aromatic nitrogens is 3. The minimum absolute atomic E-state index is 0.743. The van der Waals surface area contributed by atoms with Crippen LogP contribution >= 0.6 is 0 Å². The van der Waals surface area contributed by atoms with Gasteiger partial charge in [0, 0.05) is 18.7 Å². The van der Waals surface area contributed by atoms with E-state index in [-0.39, 0.29) is 0 Å². The highest BCUT2D eigenvalue weighted by molar-refractivity contribution is 5.40. The molecule has 3 aromatic rings. The van der Waals surface area contributed by atoms with Gasteiger partial charge < -0.3 is 0 Å². The van der Waals surface area contributed by atoms with Gasteiger partial charge in [0.2, 0.25) is 0 Å². The highest BCUT2D eigenvalue weighted by Gasteiger charge is 1.94. The van der Waals surface area contributed by atoms with Crippen LogP contribution in [0.2, 0.25) is 0 Å². The van der Waals surface area contributed by atoms with E-state index in [1.807, 2.05) is 36.5 Å². The van der Waals surface area contributed by atoms with Crippen molar-refractivity contribution < 1.29 is 0 Å². The molecule has 0 saturated heterocycles. The fourth-order valence-electron chi connectivity index (χ4n) is 1.71. The second-order valence-electron chi connectivity index (χ2n) is 3.91. The Hall–Kier alpha value is -2.60. The largest absolute Gasteiger partial charge is 0.223 e. The molecule has 0 saturated carbocycles. The third-order valence-electron chi connectivity index (χ3n) is 2.61. The monoisotopic (exact) mass is 233 g/mol. The zero-order valence-electron chi connectivity index (χ0n) is 9.74. The molecule has 0 aliphatic carbocycles. The first kappa shape index (κ1) is 10.5. The van der Waals surface area contributed by atoms with E-state index in [1.54, 1.807) is 10.7 Å². The standard InChI is InChI=1S/C15H11N3/c1-2-5-13(6-3-1)7-4-8-14-10-12-18-15(17-14)9-11-16-18/h1-3,5-6,9-12H,7H2. The second kappa shape index (κ2) is 4.72. The average Bonchev–Trinajstić information content (AvgIpc) is 2.87. The summed E-state index contributed by atoms with van der Waals surface area (Å²) < 4.78 is 1.72. The van der Waals surface area contributed by atoms with Gasteiger partial charge in [-0.1, -0.05) is 36.3 Å². The lowest BCUT2D eigenvalue weighted by Gasteiger charge is -1.93. The highest BCUT2D eigenvalue weighted by Crippen LogP contribution is 2.01. The van der Waals surface area contributed by atoms with Crippen molar-refractivity contribution in [2.75, 3.05) is 0 Å². The van der Waals surface area contributed by atoms with Crippen molar-refractivity contribution >= 4 is 5.65 Å². The Balaban J connectivity index is 1.80. The molecule has 0 unspecified atom stereocenters. The Bertz CT molecular complexity index is 717. The second-order valence-corrected chi connectivity index (χ2v) is 3.91. The zero-order chi connectivity index (χ0) is 12.2. The van der Waals surface area contributed by atoms with Gasteiger partial charge in [-0.25, -0.2) is 9.50 Å². The van der Waals surface area contributed by atoms with Crippen molar-refractivity contribution in [1.82, 2.24) is 14.6 Å². The molecule has 1 aromatic carbocycles. The van der Waals surface area contributed by atoms with E-state index in [4.69, 9.17) is 0 Å². The molecule has 0 N–H and O–H groups in total. The molecule has 2 heterocycles. The summed E-state index contributed by atoms with van der Waals surface area (Å²) in [5.74, 6) is 6.21. The Morgan fingerprint density at radius 3 is 2.83 bits per heavy atom. The van der Waals surface area contributed by atoms with Gasteiger partial charge in [-0.05, 0) is 17.6 Å². The number of benzene rings is 1. The topological polar surface area (TPSA) is 30.2 Å². The van der Waals surface area contributed by atoms with Crippen molar-refractivity contribution in [3.63, 3.8) is 0 Å². The van der Waals surface area contributed by atoms with E-state index < -0.39 is 0 Å². The Kier molecular flexibility index (Phi) is 2.77. The summed E-state index contributed by atoms with van der Waals surface area (Å²) in [6.07, 6.45) is 4.34. The zero-order valence-corrected chi connectivity index (χ0v) is 9.74.